The Hall–Kier alpha value is -3.32. The lowest BCUT2D eigenvalue weighted by molar-refractivity contribution is 0.0707. The normalized spacial score (nSPS) is 15.1. The lowest BCUT2D eigenvalue weighted by Crippen LogP contribution is -2.31. The summed E-state index contributed by atoms with van der Waals surface area (Å²) in [5.74, 6) is 1.01. The van der Waals surface area contributed by atoms with Gasteiger partial charge in [0.15, 0.2) is 16.9 Å². The van der Waals surface area contributed by atoms with Gasteiger partial charge in [0.25, 0.3) is 5.91 Å². The number of methoxy groups -OCH3 is 2. The minimum absolute atomic E-state index is 0.107. The van der Waals surface area contributed by atoms with Crippen LogP contribution in [0.1, 0.15) is 65.0 Å². The van der Waals surface area contributed by atoms with Crippen molar-refractivity contribution in [3.05, 3.63) is 68.6 Å². The largest absolute Gasteiger partial charge is 0.493 e. The molecule has 0 saturated heterocycles. The first-order valence-corrected chi connectivity index (χ1v) is 12.1. The van der Waals surface area contributed by atoms with Crippen molar-refractivity contribution in [1.29, 1.82) is 0 Å². The zero-order valence-corrected chi connectivity index (χ0v) is 21.1. The quantitative estimate of drug-likeness (QED) is 0.373. The minimum atomic E-state index is -0.588. The number of hydrogen-bond donors (Lipinski definition) is 0. The third kappa shape index (κ3) is 4.65. The number of amides is 1. The van der Waals surface area contributed by atoms with Crippen LogP contribution < -0.4 is 14.9 Å². The van der Waals surface area contributed by atoms with E-state index in [4.69, 9.17) is 18.6 Å². The molecule has 186 valence electrons. The minimum Gasteiger partial charge on any atom is -0.493 e. The summed E-state index contributed by atoms with van der Waals surface area (Å²) < 4.78 is 22.8. The van der Waals surface area contributed by atoms with Gasteiger partial charge in [-0.05, 0) is 67.6 Å². The Balaban J connectivity index is 1.85. The maximum Gasteiger partial charge on any atom is 0.290 e. The molecular formula is C28H33NO6. The molecule has 0 bridgehead atoms. The van der Waals surface area contributed by atoms with E-state index >= 15 is 0 Å². The van der Waals surface area contributed by atoms with Gasteiger partial charge in [-0.25, -0.2) is 0 Å². The van der Waals surface area contributed by atoms with Crippen LogP contribution >= 0.6 is 0 Å². The highest BCUT2D eigenvalue weighted by molar-refractivity contribution is 5.99. The smallest absolute Gasteiger partial charge is 0.290 e. The lowest BCUT2D eigenvalue weighted by Gasteiger charge is -2.25. The van der Waals surface area contributed by atoms with Gasteiger partial charge in [-0.3, -0.25) is 9.59 Å². The second kappa shape index (κ2) is 10.5. The Bertz CT molecular complexity index is 1290. The van der Waals surface area contributed by atoms with Crippen molar-refractivity contribution in [3.63, 3.8) is 0 Å². The third-order valence-electron chi connectivity index (χ3n) is 6.59. The molecule has 1 unspecified atom stereocenters. The van der Waals surface area contributed by atoms with Crippen LogP contribution in [0.2, 0.25) is 0 Å². The van der Waals surface area contributed by atoms with Crippen LogP contribution in [0.4, 0.5) is 0 Å². The number of unbranched alkanes of at least 4 members (excludes halogenated alkanes) is 1. The van der Waals surface area contributed by atoms with Gasteiger partial charge in [-0.1, -0.05) is 19.4 Å². The van der Waals surface area contributed by atoms with Crippen LogP contribution in [-0.4, -0.2) is 44.8 Å². The molecule has 1 aliphatic rings. The summed E-state index contributed by atoms with van der Waals surface area (Å²) in [5, 5.41) is 0.481. The molecule has 0 radical (unpaired) electrons. The maximum absolute atomic E-state index is 13.8. The van der Waals surface area contributed by atoms with Crippen LogP contribution in [0.15, 0.2) is 39.5 Å². The second-order valence-electron chi connectivity index (χ2n) is 8.97. The molecule has 0 aliphatic carbocycles. The van der Waals surface area contributed by atoms with Crippen LogP contribution in [0.25, 0.3) is 11.0 Å². The summed E-state index contributed by atoms with van der Waals surface area (Å²) in [6.07, 6.45) is 2.60. The molecule has 1 aliphatic heterocycles. The first-order valence-electron chi connectivity index (χ1n) is 12.1. The van der Waals surface area contributed by atoms with E-state index in [0.717, 1.165) is 29.5 Å². The van der Waals surface area contributed by atoms with E-state index in [1.807, 2.05) is 44.2 Å². The van der Waals surface area contributed by atoms with Gasteiger partial charge in [0.05, 0.1) is 30.7 Å². The number of carbonyl (C=O) groups is 1. The Morgan fingerprint density at radius 2 is 1.74 bits per heavy atom. The number of carbonyl (C=O) groups excluding carboxylic acids is 1. The highest BCUT2D eigenvalue weighted by atomic mass is 16.5. The van der Waals surface area contributed by atoms with Gasteiger partial charge < -0.3 is 23.5 Å². The molecule has 35 heavy (non-hydrogen) atoms. The molecule has 1 amide bonds. The topological polar surface area (TPSA) is 78.2 Å². The molecule has 7 heteroatoms. The van der Waals surface area contributed by atoms with Crippen molar-refractivity contribution in [2.45, 2.75) is 46.1 Å². The van der Waals surface area contributed by atoms with E-state index < -0.39 is 6.04 Å². The van der Waals surface area contributed by atoms with E-state index in [1.165, 1.54) is 0 Å². The number of fused-ring (bicyclic) bond motifs is 2. The average Bonchev–Trinajstić information content (AvgIpc) is 3.13. The predicted octanol–water partition coefficient (Wildman–Crippen LogP) is 5.18. The molecule has 7 nitrogen and oxygen atoms in total. The van der Waals surface area contributed by atoms with Crippen LogP contribution in [0.5, 0.6) is 11.5 Å². The number of aryl methyl sites for hydroxylation is 2. The Morgan fingerprint density at radius 1 is 0.971 bits per heavy atom. The first-order chi connectivity index (χ1) is 16.9. The zero-order valence-electron chi connectivity index (χ0n) is 21.1. The van der Waals surface area contributed by atoms with Gasteiger partial charge >= 0.3 is 0 Å². The van der Waals surface area contributed by atoms with Gasteiger partial charge in [-0.15, -0.1) is 0 Å². The zero-order chi connectivity index (χ0) is 25.1. The number of hydrogen-bond acceptors (Lipinski definition) is 6. The van der Waals surface area contributed by atoms with Crippen molar-refractivity contribution in [2.75, 3.05) is 34.0 Å². The Morgan fingerprint density at radius 3 is 2.46 bits per heavy atom. The van der Waals surface area contributed by atoms with E-state index in [0.29, 0.717) is 54.2 Å². The first kappa shape index (κ1) is 24.8. The monoisotopic (exact) mass is 479 g/mol. The maximum atomic E-state index is 13.8. The summed E-state index contributed by atoms with van der Waals surface area (Å²) in [5.41, 5.74) is 3.38. The van der Waals surface area contributed by atoms with E-state index in [2.05, 4.69) is 6.92 Å². The molecular weight excluding hydrogens is 446 g/mol. The average molecular weight is 480 g/mol. The van der Waals surface area contributed by atoms with Crippen LogP contribution in [0, 0.1) is 13.8 Å². The molecule has 2 heterocycles. The molecule has 1 atom stereocenters. The third-order valence-corrected chi connectivity index (χ3v) is 6.59. The molecule has 4 rings (SSSR count). The summed E-state index contributed by atoms with van der Waals surface area (Å²) in [7, 11) is 3.21. The van der Waals surface area contributed by atoms with Crippen molar-refractivity contribution in [2.24, 2.45) is 0 Å². The fourth-order valence-electron chi connectivity index (χ4n) is 4.53. The summed E-state index contributed by atoms with van der Waals surface area (Å²) in [6.45, 7) is 7.54. The number of ether oxygens (including phenoxy) is 3. The van der Waals surface area contributed by atoms with Crippen molar-refractivity contribution >= 4 is 16.9 Å². The van der Waals surface area contributed by atoms with Gasteiger partial charge in [-0.2, -0.15) is 0 Å². The van der Waals surface area contributed by atoms with Gasteiger partial charge in [0, 0.05) is 20.3 Å². The fourth-order valence-corrected chi connectivity index (χ4v) is 4.53. The lowest BCUT2D eigenvalue weighted by atomic mass is 9.97. The summed E-state index contributed by atoms with van der Waals surface area (Å²) in [6, 6.07) is 8.67. The van der Waals surface area contributed by atoms with Crippen molar-refractivity contribution < 1.29 is 23.4 Å². The molecule has 2 aromatic carbocycles. The molecule has 0 fully saturated rings. The number of nitrogens with zero attached hydrogens (tertiary/aromatic N) is 1. The van der Waals surface area contributed by atoms with Gasteiger partial charge in [0.2, 0.25) is 5.76 Å². The molecule has 0 saturated carbocycles. The van der Waals surface area contributed by atoms with E-state index in [1.54, 1.807) is 19.1 Å². The molecule has 0 N–H and O–H groups in total. The van der Waals surface area contributed by atoms with Crippen molar-refractivity contribution in [3.8, 4) is 11.5 Å². The molecule has 3 aromatic rings. The highest BCUT2D eigenvalue weighted by Crippen LogP contribution is 2.41. The van der Waals surface area contributed by atoms with E-state index in [-0.39, 0.29) is 17.1 Å². The molecule has 0 spiro atoms. The highest BCUT2D eigenvalue weighted by Gasteiger charge is 2.42. The van der Waals surface area contributed by atoms with Crippen molar-refractivity contribution in [1.82, 2.24) is 4.90 Å². The number of rotatable bonds is 10. The second-order valence-corrected chi connectivity index (χ2v) is 8.97. The summed E-state index contributed by atoms with van der Waals surface area (Å²) in [4.78, 5) is 29.0. The van der Waals surface area contributed by atoms with Crippen LogP contribution in [-0.2, 0) is 4.74 Å². The fraction of sp³-hybridized carbons (Fsp3) is 0.429. The standard InChI is InChI=1S/C28H33NO6/c1-6-7-13-34-21-10-9-19(16-23(21)33-5)25-24-26(30)20-14-17(2)18(3)15-22(20)35-27(24)28(31)29(25)11-8-12-32-4/h9-10,14-16,25H,6-8,11-13H2,1-5H3. The van der Waals surface area contributed by atoms with E-state index in [9.17, 15) is 9.59 Å². The Labute approximate surface area is 205 Å². The Kier molecular flexibility index (Phi) is 7.45. The summed E-state index contributed by atoms with van der Waals surface area (Å²) >= 11 is 0. The molecule has 1 aromatic heterocycles. The van der Waals surface area contributed by atoms with Gasteiger partial charge in [0.1, 0.15) is 5.58 Å². The SMILES string of the molecule is CCCCOc1ccc(C2c3c(oc4cc(C)c(C)cc4c3=O)C(=O)N2CCCOC)cc1OC. The predicted molar refractivity (Wildman–Crippen MR) is 135 cm³/mol. The number of benzene rings is 2. The van der Waals surface area contributed by atoms with Crippen LogP contribution in [0.3, 0.4) is 0 Å².